The second kappa shape index (κ2) is 8.24. The molecular formula is C25H26FN5O. The van der Waals surface area contributed by atoms with Crippen molar-refractivity contribution in [1.29, 1.82) is 0 Å². The first-order valence-electron chi connectivity index (χ1n) is 11.0. The number of pyridine rings is 1. The van der Waals surface area contributed by atoms with Gasteiger partial charge >= 0.3 is 0 Å². The van der Waals surface area contributed by atoms with Crippen LogP contribution in [-0.2, 0) is 0 Å². The monoisotopic (exact) mass is 431 g/mol. The minimum absolute atomic E-state index is 0.0645. The smallest absolute Gasteiger partial charge is 0.253 e. The zero-order valence-corrected chi connectivity index (χ0v) is 17.9. The van der Waals surface area contributed by atoms with Crippen LogP contribution < -0.4 is 11.1 Å². The van der Waals surface area contributed by atoms with Crippen LogP contribution in [0.2, 0.25) is 0 Å². The Hall–Kier alpha value is -3.45. The summed E-state index contributed by atoms with van der Waals surface area (Å²) >= 11 is 0. The lowest BCUT2D eigenvalue weighted by Crippen LogP contribution is -2.49. The first-order valence-corrected chi connectivity index (χ1v) is 11.0. The van der Waals surface area contributed by atoms with Crippen LogP contribution in [0.3, 0.4) is 0 Å². The summed E-state index contributed by atoms with van der Waals surface area (Å²) in [6.45, 7) is 1.84. The number of carbonyl (C=O) groups excluding carboxylic acids is 1. The van der Waals surface area contributed by atoms with Crippen molar-refractivity contribution in [3.63, 3.8) is 0 Å². The van der Waals surface area contributed by atoms with Gasteiger partial charge in [0, 0.05) is 46.7 Å². The Balaban J connectivity index is 1.61. The van der Waals surface area contributed by atoms with Crippen LogP contribution in [0.25, 0.3) is 33.5 Å². The molecule has 3 heterocycles. The van der Waals surface area contributed by atoms with E-state index in [4.69, 9.17) is 5.73 Å². The molecule has 0 radical (unpaired) electrons. The number of aromatic nitrogens is 3. The largest absolute Gasteiger partial charge is 0.354 e. The standard InChI is InChI=1S/C25H26FN5O/c1-14-6-7-17(19(26)12-14)23-18(25(32)31-21-5-3-2-4-20(21)27)13-22(30-23)15-8-10-28-24-16(15)9-11-29-24/h6-13,20-21,30H,2-5,27H2,1H3,(H,28,29)(H,31,32)/t20-,21+/m1/s1. The zero-order chi connectivity index (χ0) is 22.2. The van der Waals surface area contributed by atoms with Crippen molar-refractivity contribution in [3.8, 4) is 22.5 Å². The molecule has 0 saturated heterocycles. The second-order valence-electron chi connectivity index (χ2n) is 8.58. The highest BCUT2D eigenvalue weighted by Crippen LogP contribution is 2.34. The van der Waals surface area contributed by atoms with Gasteiger partial charge in [0.1, 0.15) is 11.5 Å². The molecule has 3 aromatic heterocycles. The molecular weight excluding hydrogens is 405 g/mol. The maximum atomic E-state index is 14.9. The van der Waals surface area contributed by atoms with Crippen LogP contribution in [0.4, 0.5) is 4.39 Å². The predicted molar refractivity (Wildman–Crippen MR) is 124 cm³/mol. The van der Waals surface area contributed by atoms with Crippen LogP contribution in [0.5, 0.6) is 0 Å². The van der Waals surface area contributed by atoms with Gasteiger partial charge in [-0.2, -0.15) is 0 Å². The molecule has 7 heteroatoms. The molecule has 164 valence electrons. The number of H-pyrrole nitrogens is 2. The van der Waals surface area contributed by atoms with E-state index in [1.807, 2.05) is 31.3 Å². The molecule has 0 unspecified atom stereocenters. The maximum Gasteiger partial charge on any atom is 0.253 e. The lowest BCUT2D eigenvalue weighted by Gasteiger charge is -2.29. The number of nitrogens with two attached hydrogens (primary N) is 1. The second-order valence-corrected chi connectivity index (χ2v) is 8.58. The lowest BCUT2D eigenvalue weighted by atomic mass is 9.90. The van der Waals surface area contributed by atoms with Crippen molar-refractivity contribution in [2.45, 2.75) is 44.7 Å². The zero-order valence-electron chi connectivity index (χ0n) is 17.9. The molecule has 6 nitrogen and oxygen atoms in total. The number of hydrogen-bond acceptors (Lipinski definition) is 3. The topological polar surface area (TPSA) is 99.6 Å². The molecule has 5 rings (SSSR count). The maximum absolute atomic E-state index is 14.9. The van der Waals surface area contributed by atoms with Gasteiger partial charge in [0.15, 0.2) is 0 Å². The number of aromatic amines is 2. The quantitative estimate of drug-likeness (QED) is 0.378. The minimum Gasteiger partial charge on any atom is -0.354 e. The summed E-state index contributed by atoms with van der Waals surface area (Å²) in [5.41, 5.74) is 10.7. The van der Waals surface area contributed by atoms with Crippen LogP contribution in [0.1, 0.15) is 41.6 Å². The molecule has 1 aliphatic carbocycles. The molecule has 32 heavy (non-hydrogen) atoms. The van der Waals surface area contributed by atoms with Crippen LogP contribution in [0.15, 0.2) is 48.8 Å². The van der Waals surface area contributed by atoms with Gasteiger partial charge < -0.3 is 21.0 Å². The molecule has 1 aromatic carbocycles. The molecule has 1 amide bonds. The Kier molecular flexibility index (Phi) is 5.27. The summed E-state index contributed by atoms with van der Waals surface area (Å²) in [4.78, 5) is 24.1. The Bertz CT molecular complexity index is 1290. The Labute approximate surface area is 185 Å². The molecule has 5 N–H and O–H groups in total. The fourth-order valence-electron chi connectivity index (χ4n) is 4.59. The number of fused-ring (bicyclic) bond motifs is 1. The number of hydrogen-bond donors (Lipinski definition) is 4. The van der Waals surface area contributed by atoms with E-state index in [-0.39, 0.29) is 23.8 Å². The van der Waals surface area contributed by atoms with Crippen molar-refractivity contribution in [2.24, 2.45) is 5.73 Å². The van der Waals surface area contributed by atoms with E-state index in [0.29, 0.717) is 16.8 Å². The van der Waals surface area contributed by atoms with Gasteiger partial charge in [0.05, 0.1) is 11.3 Å². The molecule has 0 aliphatic heterocycles. The Morgan fingerprint density at radius 2 is 2.00 bits per heavy atom. The van der Waals surface area contributed by atoms with E-state index in [1.165, 1.54) is 6.07 Å². The van der Waals surface area contributed by atoms with Crippen molar-refractivity contribution >= 4 is 16.9 Å². The first kappa shape index (κ1) is 20.5. The van der Waals surface area contributed by atoms with E-state index in [0.717, 1.165) is 53.5 Å². The number of halogens is 1. The minimum atomic E-state index is -0.372. The lowest BCUT2D eigenvalue weighted by molar-refractivity contribution is 0.0922. The van der Waals surface area contributed by atoms with E-state index in [1.54, 1.807) is 18.3 Å². The molecule has 0 spiro atoms. The van der Waals surface area contributed by atoms with Gasteiger partial charge in [-0.15, -0.1) is 0 Å². The third-order valence-electron chi connectivity index (χ3n) is 6.34. The van der Waals surface area contributed by atoms with Crippen LogP contribution >= 0.6 is 0 Å². The molecule has 2 atom stereocenters. The number of nitrogens with one attached hydrogen (secondary N) is 3. The molecule has 4 aromatic rings. The average Bonchev–Trinajstić information content (AvgIpc) is 3.42. The van der Waals surface area contributed by atoms with Crippen molar-refractivity contribution in [1.82, 2.24) is 20.3 Å². The van der Waals surface area contributed by atoms with Crippen molar-refractivity contribution < 1.29 is 9.18 Å². The predicted octanol–water partition coefficient (Wildman–Crippen LogP) is 4.67. The molecule has 1 fully saturated rings. The van der Waals surface area contributed by atoms with E-state index < -0.39 is 0 Å². The normalized spacial score (nSPS) is 18.7. The summed E-state index contributed by atoms with van der Waals surface area (Å²) in [6, 6.07) is 10.5. The van der Waals surface area contributed by atoms with Gasteiger partial charge in [0.25, 0.3) is 5.91 Å². The molecule has 1 saturated carbocycles. The first-order chi connectivity index (χ1) is 15.5. The van der Waals surface area contributed by atoms with Gasteiger partial charge in [-0.3, -0.25) is 4.79 Å². The Morgan fingerprint density at radius 3 is 2.81 bits per heavy atom. The van der Waals surface area contributed by atoms with E-state index >= 15 is 0 Å². The number of carbonyl (C=O) groups is 1. The molecule has 0 bridgehead atoms. The summed E-state index contributed by atoms with van der Waals surface area (Å²) in [6.07, 6.45) is 7.40. The summed E-state index contributed by atoms with van der Waals surface area (Å²) in [5, 5.41) is 4.02. The average molecular weight is 432 g/mol. The summed E-state index contributed by atoms with van der Waals surface area (Å²) in [7, 11) is 0. The fraction of sp³-hybridized carbons (Fsp3) is 0.280. The SMILES string of the molecule is Cc1ccc(-c2[nH]c(-c3ccnc4[nH]ccc34)cc2C(=O)N[C@H]2CCCC[C@H]2N)c(F)c1. The van der Waals surface area contributed by atoms with E-state index in [9.17, 15) is 9.18 Å². The number of amides is 1. The highest BCUT2D eigenvalue weighted by Gasteiger charge is 2.27. The number of rotatable bonds is 4. The summed E-state index contributed by atoms with van der Waals surface area (Å²) < 4.78 is 14.9. The highest BCUT2D eigenvalue weighted by molar-refractivity contribution is 6.03. The third kappa shape index (κ3) is 3.69. The highest BCUT2D eigenvalue weighted by atomic mass is 19.1. The number of aryl methyl sites for hydroxylation is 1. The van der Waals surface area contributed by atoms with Crippen LogP contribution in [0, 0.1) is 12.7 Å². The van der Waals surface area contributed by atoms with Gasteiger partial charge in [-0.05, 0) is 55.7 Å². The fourth-order valence-corrected chi connectivity index (χ4v) is 4.59. The van der Waals surface area contributed by atoms with Crippen molar-refractivity contribution in [2.75, 3.05) is 0 Å². The third-order valence-corrected chi connectivity index (χ3v) is 6.34. The summed E-state index contributed by atoms with van der Waals surface area (Å²) in [5.74, 6) is -0.618. The van der Waals surface area contributed by atoms with E-state index in [2.05, 4.69) is 20.3 Å². The van der Waals surface area contributed by atoms with Gasteiger partial charge in [0.2, 0.25) is 0 Å². The Morgan fingerprint density at radius 1 is 1.16 bits per heavy atom. The number of benzene rings is 1. The van der Waals surface area contributed by atoms with Crippen LogP contribution in [-0.4, -0.2) is 32.9 Å². The van der Waals surface area contributed by atoms with Gasteiger partial charge in [-0.25, -0.2) is 9.37 Å². The molecule has 1 aliphatic rings. The van der Waals surface area contributed by atoms with Gasteiger partial charge in [-0.1, -0.05) is 18.9 Å². The van der Waals surface area contributed by atoms with Crippen molar-refractivity contribution in [3.05, 3.63) is 65.7 Å². The number of nitrogens with zero attached hydrogens (tertiary/aromatic N) is 1.